The van der Waals surface area contributed by atoms with Gasteiger partial charge in [-0.2, -0.15) is 0 Å². The maximum absolute atomic E-state index is 4.57. The Morgan fingerprint density at radius 3 is 3.05 bits per heavy atom. The second-order valence-corrected chi connectivity index (χ2v) is 6.27. The van der Waals surface area contributed by atoms with Crippen molar-refractivity contribution in [1.82, 2.24) is 9.88 Å². The molecule has 0 radical (unpaired) electrons. The molecule has 112 valence electrons. The Morgan fingerprint density at radius 2 is 2.30 bits per heavy atom. The zero-order valence-electron chi connectivity index (χ0n) is 13.2. The Balaban J connectivity index is 2.10. The molecule has 0 spiro atoms. The van der Waals surface area contributed by atoms with Gasteiger partial charge in [-0.1, -0.05) is 33.3 Å². The standard InChI is InChI=1S/C17H29N3/c1-4-5-10-18-17-15(8-6-11-19-17)16-9-7-12-20(16)13-14(2)3/h6,8,11,14,16H,4-5,7,9-10,12-13H2,1-3H3,(H,18,19)/t16-/m1/s1. The van der Waals surface area contributed by atoms with E-state index in [0.717, 1.165) is 18.3 Å². The fourth-order valence-electron chi connectivity index (χ4n) is 3.08. The smallest absolute Gasteiger partial charge is 0.130 e. The van der Waals surface area contributed by atoms with E-state index in [2.05, 4.69) is 48.1 Å². The minimum Gasteiger partial charge on any atom is -0.370 e. The lowest BCUT2D eigenvalue weighted by molar-refractivity contribution is 0.229. The molecule has 0 aliphatic carbocycles. The summed E-state index contributed by atoms with van der Waals surface area (Å²) in [5.74, 6) is 1.82. The van der Waals surface area contributed by atoms with Crippen LogP contribution in [-0.4, -0.2) is 29.5 Å². The molecule has 1 saturated heterocycles. The van der Waals surface area contributed by atoms with Crippen molar-refractivity contribution in [2.45, 2.75) is 52.5 Å². The highest BCUT2D eigenvalue weighted by atomic mass is 15.2. The van der Waals surface area contributed by atoms with Gasteiger partial charge in [-0.25, -0.2) is 4.98 Å². The number of likely N-dealkylation sites (tertiary alicyclic amines) is 1. The van der Waals surface area contributed by atoms with Crippen molar-refractivity contribution in [3.8, 4) is 0 Å². The van der Waals surface area contributed by atoms with Gasteiger partial charge in [0.1, 0.15) is 5.82 Å². The summed E-state index contributed by atoms with van der Waals surface area (Å²) in [6, 6.07) is 4.88. The summed E-state index contributed by atoms with van der Waals surface area (Å²) in [5, 5.41) is 3.53. The van der Waals surface area contributed by atoms with Gasteiger partial charge in [0, 0.05) is 30.9 Å². The molecule has 0 aromatic carbocycles. The van der Waals surface area contributed by atoms with Crippen LogP contribution in [0.15, 0.2) is 18.3 Å². The van der Waals surface area contributed by atoms with Gasteiger partial charge in [0.25, 0.3) is 0 Å². The average molecular weight is 275 g/mol. The molecule has 1 atom stereocenters. The summed E-state index contributed by atoms with van der Waals surface area (Å²) in [7, 11) is 0. The number of anilines is 1. The first-order chi connectivity index (χ1) is 9.72. The Morgan fingerprint density at radius 1 is 1.45 bits per heavy atom. The SMILES string of the molecule is CCCCNc1ncccc1[C@H]1CCCN1CC(C)C. The van der Waals surface area contributed by atoms with E-state index < -0.39 is 0 Å². The molecule has 1 aliphatic rings. The van der Waals surface area contributed by atoms with Crippen LogP contribution in [0.2, 0.25) is 0 Å². The van der Waals surface area contributed by atoms with Gasteiger partial charge in [-0.3, -0.25) is 4.90 Å². The molecule has 3 nitrogen and oxygen atoms in total. The summed E-state index contributed by atoms with van der Waals surface area (Å²) in [6.45, 7) is 10.3. The molecule has 1 aliphatic heterocycles. The second kappa shape index (κ2) is 7.63. The predicted octanol–water partition coefficient (Wildman–Crippen LogP) is 4.09. The first-order valence-electron chi connectivity index (χ1n) is 8.15. The van der Waals surface area contributed by atoms with Gasteiger partial charge >= 0.3 is 0 Å². The van der Waals surface area contributed by atoms with E-state index in [1.807, 2.05) is 6.20 Å². The fraction of sp³-hybridized carbons (Fsp3) is 0.706. The molecule has 1 fully saturated rings. The van der Waals surface area contributed by atoms with Crippen LogP contribution in [0.3, 0.4) is 0 Å². The first-order valence-corrected chi connectivity index (χ1v) is 8.15. The van der Waals surface area contributed by atoms with E-state index in [1.165, 1.54) is 44.3 Å². The van der Waals surface area contributed by atoms with Crippen LogP contribution in [-0.2, 0) is 0 Å². The lowest BCUT2D eigenvalue weighted by atomic mass is 10.0. The molecular formula is C17H29N3. The number of pyridine rings is 1. The molecule has 1 N–H and O–H groups in total. The highest BCUT2D eigenvalue weighted by Crippen LogP contribution is 2.35. The highest BCUT2D eigenvalue weighted by Gasteiger charge is 2.28. The number of hydrogen-bond acceptors (Lipinski definition) is 3. The summed E-state index contributed by atoms with van der Waals surface area (Å²) in [4.78, 5) is 7.20. The molecule has 0 saturated carbocycles. The molecule has 1 aromatic rings. The van der Waals surface area contributed by atoms with Gasteiger partial charge in [0.2, 0.25) is 0 Å². The number of aromatic nitrogens is 1. The van der Waals surface area contributed by atoms with E-state index >= 15 is 0 Å². The van der Waals surface area contributed by atoms with Crippen molar-refractivity contribution in [3.05, 3.63) is 23.9 Å². The normalized spacial score (nSPS) is 19.7. The van der Waals surface area contributed by atoms with Crippen molar-refractivity contribution in [2.24, 2.45) is 5.92 Å². The molecule has 20 heavy (non-hydrogen) atoms. The van der Waals surface area contributed by atoms with Gasteiger partial charge in [0.15, 0.2) is 0 Å². The lowest BCUT2D eigenvalue weighted by Crippen LogP contribution is -2.28. The number of hydrogen-bond donors (Lipinski definition) is 1. The van der Waals surface area contributed by atoms with Crippen molar-refractivity contribution < 1.29 is 0 Å². The number of unbranched alkanes of at least 4 members (excludes halogenated alkanes) is 1. The van der Waals surface area contributed by atoms with Crippen LogP contribution < -0.4 is 5.32 Å². The number of nitrogens with zero attached hydrogens (tertiary/aromatic N) is 2. The highest BCUT2D eigenvalue weighted by molar-refractivity contribution is 5.46. The zero-order valence-corrected chi connectivity index (χ0v) is 13.2. The first kappa shape index (κ1) is 15.3. The molecule has 0 amide bonds. The van der Waals surface area contributed by atoms with Crippen LogP contribution >= 0.6 is 0 Å². The van der Waals surface area contributed by atoms with Crippen molar-refractivity contribution in [2.75, 3.05) is 25.0 Å². The Kier molecular flexibility index (Phi) is 5.84. The molecule has 2 rings (SSSR count). The lowest BCUT2D eigenvalue weighted by Gasteiger charge is -2.27. The maximum atomic E-state index is 4.57. The van der Waals surface area contributed by atoms with Gasteiger partial charge in [0.05, 0.1) is 0 Å². The van der Waals surface area contributed by atoms with Gasteiger partial charge in [-0.05, 0) is 37.8 Å². The van der Waals surface area contributed by atoms with Crippen LogP contribution in [0.5, 0.6) is 0 Å². The number of nitrogens with one attached hydrogen (secondary N) is 1. The van der Waals surface area contributed by atoms with E-state index in [9.17, 15) is 0 Å². The van der Waals surface area contributed by atoms with E-state index in [-0.39, 0.29) is 0 Å². The predicted molar refractivity (Wildman–Crippen MR) is 86.0 cm³/mol. The second-order valence-electron chi connectivity index (χ2n) is 6.27. The molecular weight excluding hydrogens is 246 g/mol. The summed E-state index contributed by atoms with van der Waals surface area (Å²) >= 11 is 0. The van der Waals surface area contributed by atoms with E-state index in [4.69, 9.17) is 0 Å². The van der Waals surface area contributed by atoms with Crippen molar-refractivity contribution >= 4 is 5.82 Å². The summed E-state index contributed by atoms with van der Waals surface area (Å²) in [5.41, 5.74) is 1.39. The van der Waals surface area contributed by atoms with Crippen molar-refractivity contribution in [3.63, 3.8) is 0 Å². The van der Waals surface area contributed by atoms with E-state index in [0.29, 0.717) is 6.04 Å². The Hall–Kier alpha value is -1.09. The minimum atomic E-state index is 0.551. The quantitative estimate of drug-likeness (QED) is 0.760. The monoisotopic (exact) mass is 275 g/mol. The third-order valence-electron chi connectivity index (χ3n) is 3.98. The molecule has 0 bridgehead atoms. The minimum absolute atomic E-state index is 0.551. The Labute approximate surface area is 123 Å². The van der Waals surface area contributed by atoms with Gasteiger partial charge in [-0.15, -0.1) is 0 Å². The largest absolute Gasteiger partial charge is 0.370 e. The third-order valence-corrected chi connectivity index (χ3v) is 3.98. The topological polar surface area (TPSA) is 28.2 Å². The Bertz CT molecular complexity index is 403. The average Bonchev–Trinajstić information content (AvgIpc) is 2.87. The maximum Gasteiger partial charge on any atom is 0.130 e. The van der Waals surface area contributed by atoms with Crippen LogP contribution in [0.4, 0.5) is 5.82 Å². The van der Waals surface area contributed by atoms with Crippen molar-refractivity contribution in [1.29, 1.82) is 0 Å². The van der Waals surface area contributed by atoms with Crippen LogP contribution in [0.25, 0.3) is 0 Å². The van der Waals surface area contributed by atoms with Crippen LogP contribution in [0, 0.1) is 5.92 Å². The van der Waals surface area contributed by atoms with E-state index in [1.54, 1.807) is 0 Å². The fourth-order valence-corrected chi connectivity index (χ4v) is 3.08. The summed E-state index contributed by atoms with van der Waals surface area (Å²) in [6.07, 6.45) is 6.90. The molecule has 0 unspecified atom stereocenters. The molecule has 3 heteroatoms. The molecule has 1 aromatic heterocycles. The van der Waals surface area contributed by atoms with Gasteiger partial charge < -0.3 is 5.32 Å². The molecule has 2 heterocycles. The van der Waals surface area contributed by atoms with Crippen LogP contribution in [0.1, 0.15) is 58.1 Å². The number of rotatable bonds is 7. The zero-order chi connectivity index (χ0) is 14.4. The third kappa shape index (κ3) is 3.95. The summed E-state index contributed by atoms with van der Waals surface area (Å²) < 4.78 is 0.